The second-order valence-electron chi connectivity index (χ2n) is 5.07. The zero-order valence-electron chi connectivity index (χ0n) is 10.6. The molecule has 1 aliphatic rings. The molecule has 0 radical (unpaired) electrons. The zero-order valence-corrected chi connectivity index (χ0v) is 10.6. The summed E-state index contributed by atoms with van der Waals surface area (Å²) in [5.74, 6) is 0.811. The maximum Gasteiger partial charge on any atom is 0.134 e. The number of furan rings is 1. The second-order valence-corrected chi connectivity index (χ2v) is 5.07. The SMILES string of the molecule is c1ccc2c(CCNCC3CCNC3)coc2c1. The summed E-state index contributed by atoms with van der Waals surface area (Å²) in [7, 11) is 0. The van der Waals surface area contributed by atoms with E-state index in [-0.39, 0.29) is 0 Å². The molecule has 1 aliphatic heterocycles. The summed E-state index contributed by atoms with van der Waals surface area (Å²) < 4.78 is 5.54. The van der Waals surface area contributed by atoms with Gasteiger partial charge in [-0.3, -0.25) is 0 Å². The topological polar surface area (TPSA) is 37.2 Å². The molecule has 96 valence electrons. The summed E-state index contributed by atoms with van der Waals surface area (Å²) in [5.41, 5.74) is 2.30. The number of rotatable bonds is 5. The highest BCUT2D eigenvalue weighted by atomic mass is 16.3. The molecule has 3 heteroatoms. The molecule has 2 aromatic rings. The van der Waals surface area contributed by atoms with Crippen LogP contribution >= 0.6 is 0 Å². The first-order valence-corrected chi connectivity index (χ1v) is 6.80. The smallest absolute Gasteiger partial charge is 0.134 e. The van der Waals surface area contributed by atoms with Crippen molar-refractivity contribution in [3.63, 3.8) is 0 Å². The van der Waals surface area contributed by atoms with Crippen LogP contribution in [0.2, 0.25) is 0 Å². The van der Waals surface area contributed by atoms with E-state index in [9.17, 15) is 0 Å². The standard InChI is InChI=1S/C15H20N2O/c1-2-4-15-14(3-1)13(11-18-15)6-8-17-10-12-5-7-16-9-12/h1-4,11-12,16-17H,5-10H2. The van der Waals surface area contributed by atoms with Gasteiger partial charge in [0.15, 0.2) is 0 Å². The number of fused-ring (bicyclic) bond motifs is 1. The predicted octanol–water partition coefficient (Wildman–Crippen LogP) is 2.17. The molecule has 0 aliphatic carbocycles. The van der Waals surface area contributed by atoms with E-state index in [1.807, 2.05) is 18.4 Å². The third kappa shape index (κ3) is 2.57. The Morgan fingerprint density at radius 1 is 1.33 bits per heavy atom. The molecular weight excluding hydrogens is 224 g/mol. The summed E-state index contributed by atoms with van der Waals surface area (Å²) in [6, 6.07) is 8.24. The van der Waals surface area contributed by atoms with Gasteiger partial charge in [-0.25, -0.2) is 0 Å². The minimum atomic E-state index is 0.811. The molecule has 3 rings (SSSR count). The highest BCUT2D eigenvalue weighted by molar-refractivity contribution is 5.80. The van der Waals surface area contributed by atoms with E-state index in [0.29, 0.717) is 0 Å². The lowest BCUT2D eigenvalue weighted by Crippen LogP contribution is -2.26. The molecule has 1 atom stereocenters. The van der Waals surface area contributed by atoms with E-state index >= 15 is 0 Å². The largest absolute Gasteiger partial charge is 0.464 e. The molecule has 0 bridgehead atoms. The van der Waals surface area contributed by atoms with Gasteiger partial charge in [-0.15, -0.1) is 0 Å². The van der Waals surface area contributed by atoms with Crippen molar-refractivity contribution in [3.8, 4) is 0 Å². The van der Waals surface area contributed by atoms with E-state index in [1.165, 1.54) is 30.5 Å². The molecule has 1 saturated heterocycles. The van der Waals surface area contributed by atoms with Gasteiger partial charge >= 0.3 is 0 Å². The number of hydrogen-bond acceptors (Lipinski definition) is 3. The zero-order chi connectivity index (χ0) is 12.2. The fourth-order valence-corrected chi connectivity index (χ4v) is 2.64. The molecule has 0 saturated carbocycles. The summed E-state index contributed by atoms with van der Waals surface area (Å²) in [6.45, 7) is 4.50. The molecule has 1 aromatic heterocycles. The van der Waals surface area contributed by atoms with Gasteiger partial charge in [-0.2, -0.15) is 0 Å². The fourth-order valence-electron chi connectivity index (χ4n) is 2.64. The minimum absolute atomic E-state index is 0.811. The Morgan fingerprint density at radius 2 is 2.28 bits per heavy atom. The number of nitrogens with one attached hydrogen (secondary N) is 2. The van der Waals surface area contributed by atoms with Crippen LogP contribution in [0.15, 0.2) is 34.9 Å². The molecule has 1 aromatic carbocycles. The van der Waals surface area contributed by atoms with E-state index in [0.717, 1.165) is 31.0 Å². The van der Waals surface area contributed by atoms with Gasteiger partial charge in [-0.1, -0.05) is 18.2 Å². The van der Waals surface area contributed by atoms with E-state index in [1.54, 1.807) is 0 Å². The van der Waals surface area contributed by atoms with E-state index < -0.39 is 0 Å². The van der Waals surface area contributed by atoms with E-state index in [4.69, 9.17) is 4.42 Å². The lowest BCUT2D eigenvalue weighted by Gasteiger charge is -2.09. The van der Waals surface area contributed by atoms with Gasteiger partial charge in [0.2, 0.25) is 0 Å². The molecule has 2 heterocycles. The van der Waals surface area contributed by atoms with Crippen molar-refractivity contribution in [2.75, 3.05) is 26.2 Å². The van der Waals surface area contributed by atoms with Crippen molar-refractivity contribution in [2.24, 2.45) is 5.92 Å². The van der Waals surface area contributed by atoms with Crippen LogP contribution in [0, 0.1) is 5.92 Å². The Balaban J connectivity index is 1.50. The van der Waals surface area contributed by atoms with Crippen molar-refractivity contribution >= 4 is 11.0 Å². The van der Waals surface area contributed by atoms with Crippen molar-refractivity contribution in [3.05, 3.63) is 36.1 Å². The maximum atomic E-state index is 5.54. The monoisotopic (exact) mass is 244 g/mol. The molecule has 3 nitrogen and oxygen atoms in total. The van der Waals surface area contributed by atoms with Gasteiger partial charge in [0, 0.05) is 5.39 Å². The highest BCUT2D eigenvalue weighted by Gasteiger charge is 2.13. The molecule has 18 heavy (non-hydrogen) atoms. The summed E-state index contributed by atoms with van der Waals surface area (Å²) >= 11 is 0. The van der Waals surface area contributed by atoms with Crippen molar-refractivity contribution in [2.45, 2.75) is 12.8 Å². The third-order valence-electron chi connectivity index (χ3n) is 3.73. The quantitative estimate of drug-likeness (QED) is 0.792. The van der Waals surface area contributed by atoms with Crippen LogP contribution in [0.25, 0.3) is 11.0 Å². The summed E-state index contributed by atoms with van der Waals surface area (Å²) in [5, 5.41) is 8.20. The normalized spacial score (nSPS) is 19.7. The Labute approximate surface area is 108 Å². The van der Waals surface area contributed by atoms with Gasteiger partial charge < -0.3 is 15.1 Å². The maximum absolute atomic E-state index is 5.54. The Hall–Kier alpha value is -1.32. The molecule has 1 fully saturated rings. The summed E-state index contributed by atoms with van der Waals surface area (Å²) in [4.78, 5) is 0. The molecule has 1 unspecified atom stereocenters. The van der Waals surface area contributed by atoms with Gasteiger partial charge in [0.05, 0.1) is 6.26 Å². The van der Waals surface area contributed by atoms with Crippen molar-refractivity contribution < 1.29 is 4.42 Å². The lowest BCUT2D eigenvalue weighted by molar-refractivity contribution is 0.514. The number of hydrogen-bond donors (Lipinski definition) is 2. The van der Waals surface area contributed by atoms with Crippen LogP contribution in [0.3, 0.4) is 0 Å². The Bertz CT molecular complexity index is 500. The van der Waals surface area contributed by atoms with Gasteiger partial charge in [-0.05, 0) is 56.6 Å². The fraction of sp³-hybridized carbons (Fsp3) is 0.467. The second kappa shape index (κ2) is 5.55. The van der Waals surface area contributed by atoms with Crippen LogP contribution in [-0.2, 0) is 6.42 Å². The summed E-state index contributed by atoms with van der Waals surface area (Å²) in [6.07, 6.45) is 4.24. The average Bonchev–Trinajstić information content (AvgIpc) is 3.04. The first kappa shape index (κ1) is 11.8. The molecule has 0 spiro atoms. The van der Waals surface area contributed by atoms with Crippen LogP contribution in [0.1, 0.15) is 12.0 Å². The van der Waals surface area contributed by atoms with Crippen molar-refractivity contribution in [1.82, 2.24) is 10.6 Å². The first-order chi connectivity index (χ1) is 8.93. The van der Waals surface area contributed by atoms with Crippen molar-refractivity contribution in [1.29, 1.82) is 0 Å². The van der Waals surface area contributed by atoms with Gasteiger partial charge in [0.1, 0.15) is 5.58 Å². The number of benzene rings is 1. The Kier molecular flexibility index (Phi) is 3.62. The molecule has 2 N–H and O–H groups in total. The predicted molar refractivity (Wildman–Crippen MR) is 73.8 cm³/mol. The third-order valence-corrected chi connectivity index (χ3v) is 3.73. The molecule has 0 amide bonds. The number of para-hydroxylation sites is 1. The van der Waals surface area contributed by atoms with Crippen LogP contribution in [-0.4, -0.2) is 26.2 Å². The van der Waals surface area contributed by atoms with Gasteiger partial charge in [0.25, 0.3) is 0 Å². The Morgan fingerprint density at radius 3 is 3.17 bits per heavy atom. The van der Waals surface area contributed by atoms with Crippen LogP contribution in [0.5, 0.6) is 0 Å². The average molecular weight is 244 g/mol. The first-order valence-electron chi connectivity index (χ1n) is 6.80. The lowest BCUT2D eigenvalue weighted by atomic mass is 10.1. The molecular formula is C15H20N2O. The van der Waals surface area contributed by atoms with E-state index in [2.05, 4.69) is 22.8 Å². The van der Waals surface area contributed by atoms with Crippen LogP contribution < -0.4 is 10.6 Å². The minimum Gasteiger partial charge on any atom is -0.464 e. The highest BCUT2D eigenvalue weighted by Crippen LogP contribution is 2.20. The van der Waals surface area contributed by atoms with Crippen LogP contribution in [0.4, 0.5) is 0 Å².